The van der Waals surface area contributed by atoms with Crippen LogP contribution in [0.1, 0.15) is 0 Å². The maximum atomic E-state index is 9.23. The van der Waals surface area contributed by atoms with Crippen LogP contribution in [-0.4, -0.2) is 31.0 Å². The standard InChI is InChI=1S/C4H10IO4/c1-5(7)4(6)8-2-3-9-5/h4,6-7H,2-3H2,1H3/q-1. The monoisotopic (exact) mass is 249 g/mol. The van der Waals surface area contributed by atoms with Crippen molar-refractivity contribution in [2.75, 3.05) is 18.1 Å². The van der Waals surface area contributed by atoms with Gasteiger partial charge in [0.15, 0.2) is 0 Å². The second-order valence-electron chi connectivity index (χ2n) is 1.77. The van der Waals surface area contributed by atoms with Crippen LogP contribution in [0.25, 0.3) is 0 Å². The minimum atomic E-state index is -3.25. The van der Waals surface area contributed by atoms with E-state index in [1.807, 2.05) is 0 Å². The van der Waals surface area contributed by atoms with Crippen molar-refractivity contribution in [3.8, 4) is 0 Å². The van der Waals surface area contributed by atoms with Crippen LogP contribution < -0.4 is 19.3 Å². The summed E-state index contributed by atoms with van der Waals surface area (Å²) in [6, 6.07) is 0. The van der Waals surface area contributed by atoms with Gasteiger partial charge in [-0.25, -0.2) is 0 Å². The van der Waals surface area contributed by atoms with E-state index < -0.39 is 23.6 Å². The number of hydrogen-bond acceptors (Lipinski definition) is 4. The van der Waals surface area contributed by atoms with Crippen molar-refractivity contribution in [1.29, 1.82) is 0 Å². The van der Waals surface area contributed by atoms with E-state index in [4.69, 9.17) is 12.9 Å². The van der Waals surface area contributed by atoms with E-state index in [-0.39, 0.29) is 0 Å². The molecule has 0 saturated carbocycles. The van der Waals surface area contributed by atoms with Crippen LogP contribution in [0.4, 0.5) is 0 Å². The number of aliphatic hydroxyl groups is 1. The molecule has 9 heavy (non-hydrogen) atoms. The summed E-state index contributed by atoms with van der Waals surface area (Å²) < 4.78 is 17.9. The SMILES string of the molecule is C[I-]1(O)OCCOC1O. The van der Waals surface area contributed by atoms with Crippen molar-refractivity contribution in [3.05, 3.63) is 0 Å². The molecule has 0 radical (unpaired) electrons. The zero-order chi connectivity index (χ0) is 6.91. The number of rotatable bonds is 0. The van der Waals surface area contributed by atoms with Gasteiger partial charge in [-0.1, -0.05) is 0 Å². The molecule has 5 heteroatoms. The van der Waals surface area contributed by atoms with Crippen molar-refractivity contribution in [3.63, 3.8) is 0 Å². The van der Waals surface area contributed by atoms with Crippen LogP contribution >= 0.6 is 0 Å². The zero-order valence-electron chi connectivity index (χ0n) is 5.08. The van der Waals surface area contributed by atoms with Gasteiger partial charge in [0.25, 0.3) is 0 Å². The molecule has 1 rings (SSSR count). The summed E-state index contributed by atoms with van der Waals surface area (Å²) in [7, 11) is 0. The summed E-state index contributed by atoms with van der Waals surface area (Å²) in [5, 5.41) is 8.92. The molecule has 1 fully saturated rings. The first-order valence-electron chi connectivity index (χ1n) is 2.49. The molecule has 0 aromatic carbocycles. The van der Waals surface area contributed by atoms with E-state index in [1.54, 1.807) is 0 Å². The van der Waals surface area contributed by atoms with E-state index >= 15 is 0 Å². The Hall–Kier alpha value is 0.570. The second kappa shape index (κ2) is 2.67. The minimum absolute atomic E-state index is 0.376. The summed E-state index contributed by atoms with van der Waals surface area (Å²) in [5.41, 5.74) is 0. The van der Waals surface area contributed by atoms with E-state index in [0.717, 1.165) is 0 Å². The summed E-state index contributed by atoms with van der Waals surface area (Å²) in [4.78, 5) is 1.54. The Morgan fingerprint density at radius 2 is 2.22 bits per heavy atom. The van der Waals surface area contributed by atoms with E-state index in [1.165, 1.54) is 4.93 Å². The molecule has 1 aliphatic rings. The Balaban J connectivity index is 2.49. The van der Waals surface area contributed by atoms with Gasteiger partial charge in [0.1, 0.15) is 0 Å². The van der Waals surface area contributed by atoms with Crippen LogP contribution in [0.5, 0.6) is 0 Å². The molecule has 1 heterocycles. The van der Waals surface area contributed by atoms with E-state index in [0.29, 0.717) is 13.2 Å². The molecule has 4 nitrogen and oxygen atoms in total. The molecule has 58 valence electrons. The number of aliphatic hydroxyl groups excluding tert-OH is 1. The molecular weight excluding hydrogens is 239 g/mol. The van der Waals surface area contributed by atoms with Crippen LogP contribution in [0.2, 0.25) is 0 Å². The third-order valence-corrected chi connectivity index (χ3v) is 5.02. The Labute approximate surface area is 58.4 Å². The molecule has 0 aromatic rings. The number of alkyl halides is 2. The summed E-state index contributed by atoms with van der Waals surface area (Å²) in [6.45, 7) is 0.779. The first-order valence-corrected chi connectivity index (χ1v) is 7.74. The topological polar surface area (TPSA) is 58.9 Å². The fourth-order valence-corrected chi connectivity index (χ4v) is 2.80. The average molecular weight is 249 g/mol. The van der Waals surface area contributed by atoms with E-state index in [9.17, 15) is 3.44 Å². The van der Waals surface area contributed by atoms with Gasteiger partial charge >= 0.3 is 58.1 Å². The number of halogens is 1. The summed E-state index contributed by atoms with van der Waals surface area (Å²) >= 11 is -3.25. The molecule has 0 aliphatic carbocycles. The zero-order valence-corrected chi connectivity index (χ0v) is 7.24. The van der Waals surface area contributed by atoms with Crippen molar-refractivity contribution in [1.82, 2.24) is 0 Å². The van der Waals surface area contributed by atoms with Gasteiger partial charge in [-0.2, -0.15) is 0 Å². The molecule has 1 aliphatic heterocycles. The Kier molecular flexibility index (Phi) is 2.27. The van der Waals surface area contributed by atoms with Gasteiger partial charge in [0.05, 0.1) is 0 Å². The third kappa shape index (κ3) is 1.74. The quantitative estimate of drug-likeness (QED) is 0.338. The van der Waals surface area contributed by atoms with Crippen LogP contribution in [0.15, 0.2) is 0 Å². The fraction of sp³-hybridized carbons (Fsp3) is 1.00. The third-order valence-electron chi connectivity index (χ3n) is 0.983. The predicted molar refractivity (Wildman–Crippen MR) is 26.1 cm³/mol. The predicted octanol–water partition coefficient (Wildman–Crippen LogP) is -4.08. The Morgan fingerprint density at radius 3 is 2.56 bits per heavy atom. The van der Waals surface area contributed by atoms with Gasteiger partial charge in [-0.15, -0.1) is 0 Å². The van der Waals surface area contributed by atoms with Crippen LogP contribution in [-0.2, 0) is 7.80 Å². The average Bonchev–Trinajstić information content (AvgIpc) is 1.77. The number of hydrogen-bond donors (Lipinski definition) is 2. The van der Waals surface area contributed by atoms with Gasteiger partial charge < -0.3 is 0 Å². The molecule has 0 spiro atoms. The summed E-state index contributed by atoms with van der Waals surface area (Å²) in [6.07, 6.45) is 0. The van der Waals surface area contributed by atoms with Gasteiger partial charge in [-0.3, -0.25) is 0 Å². The first kappa shape index (κ1) is 7.67. The molecule has 2 unspecified atom stereocenters. The number of ether oxygens (including phenoxy) is 1. The molecule has 2 atom stereocenters. The normalized spacial score (nSPS) is 52.1. The molecule has 2 N–H and O–H groups in total. The molecule has 1 saturated heterocycles. The van der Waals surface area contributed by atoms with Crippen molar-refractivity contribution < 1.29 is 35.6 Å². The first-order chi connectivity index (χ1) is 4.13. The summed E-state index contributed by atoms with van der Waals surface area (Å²) in [5.74, 6) is 0. The van der Waals surface area contributed by atoms with Crippen molar-refractivity contribution >= 4 is 0 Å². The second-order valence-corrected chi connectivity index (χ2v) is 8.01. The molecular formula is C4H10IO4-. The molecule has 0 aromatic heterocycles. The van der Waals surface area contributed by atoms with Crippen LogP contribution in [0.3, 0.4) is 0 Å². The Bertz CT molecular complexity index is 105. The molecule has 0 amide bonds. The fourth-order valence-electron chi connectivity index (χ4n) is 0.504. The maximum absolute atomic E-state index is 9.23. The van der Waals surface area contributed by atoms with Gasteiger partial charge in [0.2, 0.25) is 0 Å². The van der Waals surface area contributed by atoms with Gasteiger partial charge in [0, 0.05) is 0 Å². The molecule has 0 bridgehead atoms. The van der Waals surface area contributed by atoms with Gasteiger partial charge in [-0.05, 0) is 0 Å². The van der Waals surface area contributed by atoms with Crippen molar-refractivity contribution in [2.45, 2.75) is 4.30 Å². The van der Waals surface area contributed by atoms with Crippen LogP contribution in [0, 0.1) is 0 Å². The van der Waals surface area contributed by atoms with E-state index in [2.05, 4.69) is 0 Å². The Morgan fingerprint density at radius 1 is 1.56 bits per heavy atom. The van der Waals surface area contributed by atoms with Crippen molar-refractivity contribution in [2.24, 2.45) is 0 Å².